The second-order valence-electron chi connectivity index (χ2n) is 9.72. The van der Waals surface area contributed by atoms with E-state index in [2.05, 4.69) is 109 Å². The minimum Gasteiger partial charge on any atom is -0.251 e. The monoisotopic (exact) mass is 524 g/mol. The lowest BCUT2D eigenvalue weighted by Crippen LogP contribution is -2.25. The molecular formula is C36H36N4. The molecule has 0 atom stereocenters. The van der Waals surface area contributed by atoms with Gasteiger partial charge in [0.25, 0.3) is 0 Å². The molecule has 0 unspecified atom stereocenters. The van der Waals surface area contributed by atoms with Crippen LogP contribution >= 0.6 is 0 Å². The number of fused-ring (bicyclic) bond motifs is 1. The maximum atomic E-state index is 4.69. The van der Waals surface area contributed by atoms with E-state index >= 15 is 0 Å². The summed E-state index contributed by atoms with van der Waals surface area (Å²) in [6.45, 7) is 14.4. The first-order chi connectivity index (χ1) is 19.4. The lowest BCUT2D eigenvalue weighted by atomic mass is 9.97. The van der Waals surface area contributed by atoms with Crippen LogP contribution in [0.5, 0.6) is 0 Å². The van der Waals surface area contributed by atoms with Crippen LogP contribution in [0.3, 0.4) is 0 Å². The second-order valence-corrected chi connectivity index (χ2v) is 9.72. The van der Waals surface area contributed by atoms with Gasteiger partial charge >= 0.3 is 0 Å². The second kappa shape index (κ2) is 13.4. The molecule has 0 saturated carbocycles. The third-order valence-electron chi connectivity index (χ3n) is 6.81. The maximum absolute atomic E-state index is 4.69. The van der Waals surface area contributed by atoms with Gasteiger partial charge in [-0.15, -0.1) is 16.9 Å². The Kier molecular flexibility index (Phi) is 9.44. The van der Waals surface area contributed by atoms with Crippen molar-refractivity contribution in [3.8, 4) is 34.5 Å². The topological polar surface area (TPSA) is 43.6 Å². The number of hydrogen-bond donors (Lipinski definition) is 0. The summed E-state index contributed by atoms with van der Waals surface area (Å²) in [6, 6.07) is 12.4. The van der Waals surface area contributed by atoms with E-state index in [1.54, 1.807) is 0 Å². The minimum atomic E-state index is 0.772. The van der Waals surface area contributed by atoms with Crippen molar-refractivity contribution in [1.82, 2.24) is 20.0 Å². The van der Waals surface area contributed by atoms with Crippen LogP contribution in [0.25, 0.3) is 34.8 Å². The van der Waals surface area contributed by atoms with Crippen molar-refractivity contribution < 1.29 is 0 Å². The highest BCUT2D eigenvalue weighted by atomic mass is 15.4. The molecule has 0 amide bonds. The van der Waals surface area contributed by atoms with E-state index in [-0.39, 0.29) is 0 Å². The van der Waals surface area contributed by atoms with Crippen molar-refractivity contribution in [2.24, 2.45) is 7.05 Å². The Morgan fingerprint density at radius 3 is 2.65 bits per heavy atom. The molecule has 1 aliphatic carbocycles. The van der Waals surface area contributed by atoms with Crippen molar-refractivity contribution in [2.45, 2.75) is 40.0 Å². The lowest BCUT2D eigenvalue weighted by molar-refractivity contribution is 0.721. The summed E-state index contributed by atoms with van der Waals surface area (Å²) in [7, 11) is 1.92. The number of unbranched alkanes of at least 4 members (excludes halogenated alkanes) is 1. The van der Waals surface area contributed by atoms with Crippen LogP contribution in [-0.4, -0.2) is 20.0 Å². The smallest absolute Gasteiger partial charge is 0.139 e. The zero-order valence-corrected chi connectivity index (χ0v) is 23.9. The van der Waals surface area contributed by atoms with E-state index in [1.807, 2.05) is 43.8 Å². The highest BCUT2D eigenvalue weighted by Gasteiger charge is 2.16. The van der Waals surface area contributed by atoms with Gasteiger partial charge in [0.1, 0.15) is 5.69 Å². The Morgan fingerprint density at radius 1 is 1.05 bits per heavy atom. The summed E-state index contributed by atoms with van der Waals surface area (Å²) in [5.41, 5.74) is 8.72. The third kappa shape index (κ3) is 6.81. The van der Waals surface area contributed by atoms with Crippen molar-refractivity contribution in [1.29, 1.82) is 0 Å². The molecule has 40 heavy (non-hydrogen) atoms. The summed E-state index contributed by atoms with van der Waals surface area (Å²) < 4.78 is 1.82. The number of benzene rings is 1. The molecule has 4 nitrogen and oxygen atoms in total. The van der Waals surface area contributed by atoms with Crippen LogP contribution in [0, 0.1) is 18.8 Å². The van der Waals surface area contributed by atoms with E-state index in [1.165, 1.54) is 0 Å². The van der Waals surface area contributed by atoms with Crippen LogP contribution in [0.4, 0.5) is 0 Å². The Morgan fingerprint density at radius 2 is 1.88 bits per heavy atom. The van der Waals surface area contributed by atoms with Gasteiger partial charge < -0.3 is 0 Å². The van der Waals surface area contributed by atoms with E-state index in [0.717, 1.165) is 80.3 Å². The molecule has 0 bridgehead atoms. The Labute approximate surface area is 237 Å². The van der Waals surface area contributed by atoms with Crippen molar-refractivity contribution in [3.63, 3.8) is 0 Å². The molecule has 4 rings (SSSR count). The largest absolute Gasteiger partial charge is 0.251 e. The first-order valence-electron chi connectivity index (χ1n) is 13.6. The fraction of sp³-hybridized carbons (Fsp3) is 0.194. The van der Waals surface area contributed by atoms with Gasteiger partial charge in [-0.05, 0) is 90.6 Å². The average Bonchev–Trinajstić information content (AvgIpc) is 3.33. The Bertz CT molecular complexity index is 1740. The van der Waals surface area contributed by atoms with E-state index in [9.17, 15) is 0 Å². The number of rotatable bonds is 9. The number of pyridine rings is 1. The van der Waals surface area contributed by atoms with Crippen LogP contribution < -0.4 is 10.4 Å². The SMILES string of the molecule is C=C(\C=C/C(=C\C)C1=C/C=C/C=c2\ccc(-c3c(-c4cccc(C)n4)nnn3C)c\c2=C\1)C(=C)CCCC#CC. The molecule has 0 aliphatic heterocycles. The average molecular weight is 525 g/mol. The van der Waals surface area contributed by atoms with Gasteiger partial charge in [-0.25, -0.2) is 4.68 Å². The summed E-state index contributed by atoms with van der Waals surface area (Å²) in [5.74, 6) is 6.06. The fourth-order valence-corrected chi connectivity index (χ4v) is 4.58. The van der Waals surface area contributed by atoms with Crippen molar-refractivity contribution in [3.05, 3.63) is 124 Å². The Hall–Kier alpha value is -4.75. The molecule has 1 aliphatic rings. The molecule has 200 valence electrons. The number of aryl methyl sites for hydroxylation is 2. The highest BCUT2D eigenvalue weighted by molar-refractivity contribution is 5.77. The third-order valence-corrected chi connectivity index (χ3v) is 6.81. The van der Waals surface area contributed by atoms with Gasteiger partial charge in [0, 0.05) is 24.7 Å². The van der Waals surface area contributed by atoms with Gasteiger partial charge in [0.05, 0.1) is 11.4 Å². The van der Waals surface area contributed by atoms with E-state index in [4.69, 9.17) is 4.98 Å². The molecule has 0 fully saturated rings. The molecule has 0 saturated heterocycles. The molecule has 0 radical (unpaired) electrons. The van der Waals surface area contributed by atoms with Crippen LogP contribution in [0.15, 0.2) is 108 Å². The normalized spacial score (nSPS) is 16.6. The van der Waals surface area contributed by atoms with Crippen molar-refractivity contribution >= 4 is 12.2 Å². The van der Waals surface area contributed by atoms with Gasteiger partial charge in [0.2, 0.25) is 0 Å². The number of allylic oxidation sites excluding steroid dienone is 10. The molecule has 2 heterocycles. The summed E-state index contributed by atoms with van der Waals surface area (Å²) in [6.07, 6.45) is 19.7. The quantitative estimate of drug-likeness (QED) is 0.177. The molecule has 0 N–H and O–H groups in total. The molecular weight excluding hydrogens is 488 g/mol. The van der Waals surface area contributed by atoms with Crippen molar-refractivity contribution in [2.75, 3.05) is 0 Å². The predicted molar refractivity (Wildman–Crippen MR) is 168 cm³/mol. The Balaban J connectivity index is 1.68. The van der Waals surface area contributed by atoms with Crippen LogP contribution in [-0.2, 0) is 7.05 Å². The number of aromatic nitrogens is 4. The first kappa shape index (κ1) is 28.3. The zero-order chi connectivity index (χ0) is 28.5. The van der Waals surface area contributed by atoms with Gasteiger partial charge in [-0.1, -0.05) is 79.1 Å². The fourth-order valence-electron chi connectivity index (χ4n) is 4.58. The number of hydrogen-bond acceptors (Lipinski definition) is 3. The van der Waals surface area contributed by atoms with Gasteiger partial charge in [-0.3, -0.25) is 4.98 Å². The molecule has 3 aromatic rings. The molecule has 0 spiro atoms. The molecule has 2 aromatic heterocycles. The lowest BCUT2D eigenvalue weighted by Gasteiger charge is -2.09. The zero-order valence-electron chi connectivity index (χ0n) is 23.9. The molecule has 1 aromatic carbocycles. The predicted octanol–water partition coefficient (Wildman–Crippen LogP) is 6.72. The maximum Gasteiger partial charge on any atom is 0.139 e. The van der Waals surface area contributed by atoms with Crippen LogP contribution in [0.2, 0.25) is 0 Å². The number of nitrogens with zero attached hydrogens (tertiary/aromatic N) is 4. The summed E-state index contributed by atoms with van der Waals surface area (Å²) in [4.78, 5) is 4.69. The summed E-state index contributed by atoms with van der Waals surface area (Å²) in [5, 5.41) is 11.0. The summed E-state index contributed by atoms with van der Waals surface area (Å²) >= 11 is 0. The van der Waals surface area contributed by atoms with Gasteiger partial charge in [0.15, 0.2) is 0 Å². The molecule has 4 heteroatoms. The van der Waals surface area contributed by atoms with E-state index in [0.29, 0.717) is 0 Å². The van der Waals surface area contributed by atoms with E-state index < -0.39 is 0 Å². The van der Waals surface area contributed by atoms with Gasteiger partial charge in [-0.2, -0.15) is 0 Å². The first-order valence-corrected chi connectivity index (χ1v) is 13.6. The van der Waals surface area contributed by atoms with Crippen LogP contribution in [0.1, 0.15) is 38.8 Å². The standard InChI is InChI=1S/C36H36N4/c1-7-9-10-11-15-26(3)27(4)20-21-29(8-2)31-18-13-12-17-30-22-23-32(25-33(30)24-31)36-35(38-39-40(36)6)34-19-14-16-28(5)37-34/h8,12-14,16-25H,3-4,10-11,15H2,1-2,5-6H3/b13-12+,17-12?,18-13?,21-20-,29-8+,30-17+,31-18+,31-24?,33-24-. The minimum absolute atomic E-state index is 0.772. The highest BCUT2D eigenvalue weighted by Crippen LogP contribution is 2.28.